The van der Waals surface area contributed by atoms with Crippen molar-refractivity contribution < 1.29 is 4.79 Å². The van der Waals surface area contributed by atoms with Gasteiger partial charge in [0.15, 0.2) is 0 Å². The fraction of sp³-hybridized carbons (Fsp3) is 0.650. The highest BCUT2D eigenvalue weighted by Gasteiger charge is 2.46. The third-order valence-corrected chi connectivity index (χ3v) is 6.45. The largest absolute Gasteiger partial charge is 0.348 e. The molecule has 7 nitrogen and oxygen atoms in total. The van der Waals surface area contributed by atoms with E-state index in [0.29, 0.717) is 0 Å². The Kier molecular flexibility index (Phi) is 4.58. The van der Waals surface area contributed by atoms with Gasteiger partial charge in [-0.2, -0.15) is 5.10 Å². The number of aromatic nitrogens is 4. The Bertz CT molecular complexity index is 829. The van der Waals surface area contributed by atoms with Crippen LogP contribution in [0.25, 0.3) is 0 Å². The molecule has 1 fully saturated rings. The Hall–Kier alpha value is -2.15. The van der Waals surface area contributed by atoms with E-state index in [1.807, 2.05) is 42.7 Å². The molecule has 0 saturated carbocycles. The van der Waals surface area contributed by atoms with Crippen molar-refractivity contribution in [1.29, 1.82) is 0 Å². The molecule has 4 rings (SSSR count). The van der Waals surface area contributed by atoms with Crippen molar-refractivity contribution in [2.75, 3.05) is 26.2 Å². The first-order valence-corrected chi connectivity index (χ1v) is 10.1. The minimum Gasteiger partial charge on any atom is -0.348 e. The molecule has 1 N–H and O–H groups in total. The molecule has 0 aromatic carbocycles. The lowest BCUT2D eigenvalue weighted by Gasteiger charge is -2.50. The van der Waals surface area contributed by atoms with E-state index in [4.69, 9.17) is 0 Å². The Morgan fingerprint density at radius 3 is 2.67 bits per heavy atom. The lowest BCUT2D eigenvalue weighted by atomic mass is 9.78. The fourth-order valence-electron chi connectivity index (χ4n) is 5.04. The van der Waals surface area contributed by atoms with E-state index in [9.17, 15) is 4.79 Å². The average molecular weight is 371 g/mol. The summed E-state index contributed by atoms with van der Waals surface area (Å²) < 4.78 is 1.85. The number of likely N-dealkylation sites (N-methyl/N-ethyl adjacent to an activating group) is 1. The minimum absolute atomic E-state index is 0.0272. The quantitative estimate of drug-likeness (QED) is 0.899. The topological polar surface area (TPSA) is 70.1 Å². The number of H-pyrrole nitrogens is 1. The van der Waals surface area contributed by atoms with E-state index in [1.165, 1.54) is 11.4 Å². The second-order valence-electron chi connectivity index (χ2n) is 7.96. The molecule has 0 radical (unpaired) electrons. The molecule has 2 aromatic rings. The Morgan fingerprint density at radius 1 is 1.30 bits per heavy atom. The van der Waals surface area contributed by atoms with E-state index < -0.39 is 0 Å². The number of amides is 1. The number of imidazole rings is 1. The summed E-state index contributed by atoms with van der Waals surface area (Å²) in [5.41, 5.74) is 4.44. The number of likely N-dealkylation sites (tertiary alicyclic amines) is 1. The van der Waals surface area contributed by atoms with E-state index in [1.54, 1.807) is 0 Å². The van der Waals surface area contributed by atoms with E-state index in [0.717, 1.165) is 56.8 Å². The molecule has 0 aliphatic carbocycles. The van der Waals surface area contributed by atoms with Gasteiger partial charge in [0.2, 0.25) is 5.91 Å². The van der Waals surface area contributed by atoms with Crippen molar-refractivity contribution in [3.8, 4) is 0 Å². The first kappa shape index (κ1) is 18.2. The van der Waals surface area contributed by atoms with Crippen molar-refractivity contribution in [3.63, 3.8) is 0 Å². The molecular weight excluding hydrogens is 340 g/mol. The smallest absolute Gasteiger partial charge is 0.247 e. The highest BCUT2D eigenvalue weighted by atomic mass is 16.2. The van der Waals surface area contributed by atoms with Crippen molar-refractivity contribution in [3.05, 3.63) is 35.2 Å². The van der Waals surface area contributed by atoms with Crippen molar-refractivity contribution in [1.82, 2.24) is 29.5 Å². The predicted octanol–water partition coefficient (Wildman–Crippen LogP) is 2.18. The summed E-state index contributed by atoms with van der Waals surface area (Å²) in [6.07, 6.45) is 4.74. The van der Waals surface area contributed by atoms with Crippen LogP contribution in [-0.4, -0.2) is 61.6 Å². The second kappa shape index (κ2) is 6.78. The molecule has 4 heterocycles. The highest BCUT2D eigenvalue weighted by Crippen LogP contribution is 2.42. The summed E-state index contributed by atoms with van der Waals surface area (Å²) >= 11 is 0. The summed E-state index contributed by atoms with van der Waals surface area (Å²) in [4.78, 5) is 25.7. The molecule has 2 aromatic heterocycles. The Labute approximate surface area is 160 Å². The first-order chi connectivity index (χ1) is 13.0. The number of aromatic amines is 1. The molecular formula is C20H30N6O. The van der Waals surface area contributed by atoms with Crippen molar-refractivity contribution >= 4 is 5.91 Å². The third kappa shape index (κ3) is 2.88. The van der Waals surface area contributed by atoms with Gasteiger partial charge in [0.25, 0.3) is 0 Å². The summed E-state index contributed by atoms with van der Waals surface area (Å²) in [5, 5.41) is 4.50. The van der Waals surface area contributed by atoms with Crippen LogP contribution in [0.4, 0.5) is 0 Å². The maximum Gasteiger partial charge on any atom is 0.247 e. The number of nitrogens with zero attached hydrogens (tertiary/aromatic N) is 5. The molecule has 27 heavy (non-hydrogen) atoms. The van der Waals surface area contributed by atoms with Gasteiger partial charge in [0.05, 0.1) is 23.3 Å². The van der Waals surface area contributed by atoms with Crippen LogP contribution in [0.3, 0.4) is 0 Å². The SMILES string of the molecule is CCN1CCc2[nH]cnc2C12CCN(C(=O)[C@@H](C)n1nc(C)cc1C)CC2. The van der Waals surface area contributed by atoms with Crippen LogP contribution in [0.2, 0.25) is 0 Å². The van der Waals surface area contributed by atoms with E-state index in [-0.39, 0.29) is 17.5 Å². The molecule has 0 unspecified atom stereocenters. The van der Waals surface area contributed by atoms with E-state index in [2.05, 4.69) is 26.9 Å². The second-order valence-corrected chi connectivity index (χ2v) is 7.96. The molecule has 1 spiro atoms. The van der Waals surface area contributed by atoms with E-state index >= 15 is 0 Å². The fourth-order valence-corrected chi connectivity index (χ4v) is 5.04. The maximum atomic E-state index is 13.1. The number of hydrogen-bond acceptors (Lipinski definition) is 4. The number of rotatable bonds is 3. The van der Waals surface area contributed by atoms with Gasteiger partial charge in [-0.05, 0) is 46.2 Å². The zero-order chi connectivity index (χ0) is 19.2. The Balaban J connectivity index is 1.52. The molecule has 1 amide bonds. The standard InChI is InChI=1S/C20H30N6O/c1-5-25-9-6-17-18(22-13-21-17)20(25)7-10-24(11-8-20)19(27)16(4)26-15(3)12-14(2)23-26/h12-13,16H,5-11H2,1-4H3,(H,21,22)/t16-/m1/s1. The van der Waals surface area contributed by atoms with Crippen LogP contribution in [0, 0.1) is 13.8 Å². The zero-order valence-electron chi connectivity index (χ0n) is 16.8. The van der Waals surface area contributed by atoms with Gasteiger partial charge in [-0.25, -0.2) is 4.98 Å². The number of aryl methyl sites for hydroxylation is 2. The van der Waals surface area contributed by atoms with Gasteiger partial charge < -0.3 is 9.88 Å². The minimum atomic E-state index is -0.262. The van der Waals surface area contributed by atoms with Crippen LogP contribution in [0.5, 0.6) is 0 Å². The summed E-state index contributed by atoms with van der Waals surface area (Å²) in [6, 6.07) is 1.76. The first-order valence-electron chi connectivity index (χ1n) is 10.1. The number of piperidine rings is 1. The molecule has 1 saturated heterocycles. The highest BCUT2D eigenvalue weighted by molar-refractivity contribution is 5.80. The summed E-state index contributed by atoms with van der Waals surface area (Å²) in [5.74, 6) is 0.164. The molecule has 2 aliphatic heterocycles. The third-order valence-electron chi connectivity index (χ3n) is 6.45. The number of carbonyl (C=O) groups excluding carboxylic acids is 1. The van der Waals surface area contributed by atoms with Gasteiger partial charge in [0, 0.05) is 37.4 Å². The molecule has 146 valence electrons. The zero-order valence-corrected chi connectivity index (χ0v) is 16.8. The van der Waals surface area contributed by atoms with Crippen LogP contribution in [-0.2, 0) is 16.8 Å². The van der Waals surface area contributed by atoms with Gasteiger partial charge in [-0.3, -0.25) is 14.4 Å². The van der Waals surface area contributed by atoms with Crippen LogP contribution >= 0.6 is 0 Å². The number of carbonyl (C=O) groups is 1. The molecule has 1 atom stereocenters. The van der Waals surface area contributed by atoms with Gasteiger partial charge in [-0.1, -0.05) is 6.92 Å². The number of fused-ring (bicyclic) bond motifs is 2. The molecule has 2 aliphatic rings. The summed E-state index contributed by atoms with van der Waals surface area (Å²) in [6.45, 7) is 11.8. The van der Waals surface area contributed by atoms with Gasteiger partial charge in [0.1, 0.15) is 6.04 Å². The number of nitrogens with one attached hydrogen (secondary N) is 1. The lowest BCUT2D eigenvalue weighted by Crippen LogP contribution is -2.57. The molecule has 7 heteroatoms. The normalized spacial score (nSPS) is 20.7. The summed E-state index contributed by atoms with van der Waals surface area (Å²) in [7, 11) is 0. The van der Waals surface area contributed by atoms with Gasteiger partial charge >= 0.3 is 0 Å². The van der Waals surface area contributed by atoms with Crippen molar-refractivity contribution in [2.24, 2.45) is 0 Å². The molecule has 0 bridgehead atoms. The van der Waals surface area contributed by atoms with Crippen LogP contribution in [0.15, 0.2) is 12.4 Å². The average Bonchev–Trinajstić information content (AvgIpc) is 3.28. The lowest BCUT2D eigenvalue weighted by molar-refractivity contribution is -0.138. The number of hydrogen-bond donors (Lipinski definition) is 1. The Morgan fingerprint density at radius 2 is 2.04 bits per heavy atom. The van der Waals surface area contributed by atoms with Crippen LogP contribution < -0.4 is 0 Å². The monoisotopic (exact) mass is 370 g/mol. The maximum absolute atomic E-state index is 13.1. The van der Waals surface area contributed by atoms with Crippen LogP contribution in [0.1, 0.15) is 55.5 Å². The van der Waals surface area contributed by atoms with Crippen molar-refractivity contribution in [2.45, 2.75) is 58.5 Å². The van der Waals surface area contributed by atoms with Gasteiger partial charge in [-0.15, -0.1) is 0 Å². The predicted molar refractivity (Wildman–Crippen MR) is 103 cm³/mol.